The maximum Gasteiger partial charge on any atom is 0.263 e. The Morgan fingerprint density at radius 2 is 1.76 bits per heavy atom. The summed E-state index contributed by atoms with van der Waals surface area (Å²) in [6, 6.07) is 14.1. The van der Waals surface area contributed by atoms with Gasteiger partial charge in [-0.3, -0.25) is 9.59 Å². The van der Waals surface area contributed by atoms with Crippen molar-refractivity contribution < 1.29 is 27.5 Å². The number of carbonyl (C=O) groups is 2. The molecule has 1 aliphatic heterocycles. The molecule has 1 atom stereocenters. The molecule has 8 heteroatoms. The lowest BCUT2D eigenvalue weighted by molar-refractivity contribution is -0.138. The van der Waals surface area contributed by atoms with Crippen LogP contribution in [-0.2, 0) is 17.8 Å². The molecule has 3 aromatic rings. The van der Waals surface area contributed by atoms with E-state index in [1.807, 2.05) is 6.92 Å². The number of nitrogens with one attached hydrogen (secondary N) is 1. The normalized spacial score (nSPS) is 15.4. The molecule has 1 aliphatic rings. The monoisotopic (exact) mass is 468 g/mol. The minimum absolute atomic E-state index is 0.167. The Hall–Kier alpha value is -3.81. The molecule has 1 heterocycles. The zero-order chi connectivity index (χ0) is 24.2. The summed E-state index contributed by atoms with van der Waals surface area (Å²) in [7, 11) is 0. The van der Waals surface area contributed by atoms with Gasteiger partial charge in [-0.1, -0.05) is 25.1 Å². The molecule has 4 rings (SSSR count). The summed E-state index contributed by atoms with van der Waals surface area (Å²) >= 11 is 0. The third-order valence-corrected chi connectivity index (χ3v) is 5.68. The molecule has 0 fully saturated rings. The quantitative estimate of drug-likeness (QED) is 0.548. The first kappa shape index (κ1) is 23.4. The van der Waals surface area contributed by atoms with Gasteiger partial charge in [0.15, 0.2) is 6.10 Å². The lowest BCUT2D eigenvalue weighted by atomic mass is 10.1. The molecule has 176 valence electrons. The van der Waals surface area contributed by atoms with E-state index in [0.717, 1.165) is 17.7 Å². The molecule has 2 amide bonds. The van der Waals surface area contributed by atoms with Crippen LogP contribution < -0.4 is 10.1 Å². The van der Waals surface area contributed by atoms with Gasteiger partial charge in [-0.05, 0) is 60.9 Å². The molecule has 5 nitrogen and oxygen atoms in total. The lowest BCUT2D eigenvalue weighted by Gasteiger charge is -2.23. The van der Waals surface area contributed by atoms with Gasteiger partial charge in [-0.25, -0.2) is 13.2 Å². The standard InChI is InChI=1S/C26H23F3N2O3/c1-2-22-26(33)31(13-12-16-6-8-18(27)9-7-16)15-17-14-19(10-11-23(17)34-22)30-25(32)24-20(28)4-3-5-21(24)29/h3-11,14,22H,2,12-13,15H2,1H3,(H,30,32)/t22-/m1/s1. The highest BCUT2D eigenvalue weighted by Crippen LogP contribution is 2.30. The molecule has 0 aromatic heterocycles. The molecular formula is C26H23F3N2O3. The van der Waals surface area contributed by atoms with E-state index in [2.05, 4.69) is 5.32 Å². The molecule has 0 saturated carbocycles. The number of benzene rings is 3. The maximum atomic E-state index is 14.0. The van der Waals surface area contributed by atoms with E-state index in [4.69, 9.17) is 4.74 Å². The predicted octanol–water partition coefficient (Wildman–Crippen LogP) is 5.10. The first-order valence-electron chi connectivity index (χ1n) is 10.9. The smallest absolute Gasteiger partial charge is 0.263 e. The third-order valence-electron chi connectivity index (χ3n) is 5.68. The van der Waals surface area contributed by atoms with Crippen molar-refractivity contribution in [2.24, 2.45) is 0 Å². The van der Waals surface area contributed by atoms with Crippen LogP contribution in [0.2, 0.25) is 0 Å². The summed E-state index contributed by atoms with van der Waals surface area (Å²) < 4.78 is 47.0. The number of carbonyl (C=O) groups excluding carboxylic acids is 2. The average Bonchev–Trinajstić information content (AvgIpc) is 2.94. The number of hydrogen-bond donors (Lipinski definition) is 1. The summed E-state index contributed by atoms with van der Waals surface area (Å²) in [5, 5.41) is 2.51. The Kier molecular flexibility index (Phi) is 6.86. The first-order valence-corrected chi connectivity index (χ1v) is 10.9. The van der Waals surface area contributed by atoms with Gasteiger partial charge in [-0.15, -0.1) is 0 Å². The zero-order valence-corrected chi connectivity index (χ0v) is 18.5. The van der Waals surface area contributed by atoms with E-state index in [1.54, 1.807) is 35.2 Å². The van der Waals surface area contributed by atoms with E-state index in [9.17, 15) is 22.8 Å². The Balaban J connectivity index is 1.55. The number of nitrogens with zero attached hydrogens (tertiary/aromatic N) is 1. The number of rotatable bonds is 6. The summed E-state index contributed by atoms with van der Waals surface area (Å²) in [6.45, 7) is 2.47. The largest absolute Gasteiger partial charge is 0.480 e. The van der Waals surface area contributed by atoms with Crippen LogP contribution in [0.1, 0.15) is 34.8 Å². The molecule has 0 aliphatic carbocycles. The second-order valence-corrected chi connectivity index (χ2v) is 8.02. The minimum Gasteiger partial charge on any atom is -0.480 e. The van der Waals surface area contributed by atoms with Crippen LogP contribution in [0.15, 0.2) is 60.7 Å². The van der Waals surface area contributed by atoms with Gasteiger partial charge in [0, 0.05) is 24.3 Å². The molecule has 3 aromatic carbocycles. The average molecular weight is 468 g/mol. The van der Waals surface area contributed by atoms with Gasteiger partial charge in [-0.2, -0.15) is 0 Å². The van der Waals surface area contributed by atoms with E-state index in [0.29, 0.717) is 36.4 Å². The van der Waals surface area contributed by atoms with Crippen LogP contribution in [0.4, 0.5) is 18.9 Å². The predicted molar refractivity (Wildman–Crippen MR) is 121 cm³/mol. The van der Waals surface area contributed by atoms with Crippen molar-refractivity contribution in [3.63, 3.8) is 0 Å². The molecular weight excluding hydrogens is 445 g/mol. The second-order valence-electron chi connectivity index (χ2n) is 8.02. The van der Waals surface area contributed by atoms with Gasteiger partial charge in [0.1, 0.15) is 28.8 Å². The van der Waals surface area contributed by atoms with E-state index >= 15 is 0 Å². The Labute approximate surface area is 195 Å². The van der Waals surface area contributed by atoms with Gasteiger partial charge >= 0.3 is 0 Å². The number of anilines is 1. The van der Waals surface area contributed by atoms with Crippen LogP contribution in [0.5, 0.6) is 5.75 Å². The molecule has 34 heavy (non-hydrogen) atoms. The van der Waals surface area contributed by atoms with Crippen LogP contribution in [0, 0.1) is 17.5 Å². The molecule has 0 spiro atoms. The SMILES string of the molecule is CC[C@H]1Oc2ccc(NC(=O)c3c(F)cccc3F)cc2CN(CCc2ccc(F)cc2)C1=O. The highest BCUT2D eigenvalue weighted by atomic mass is 19.1. The van der Waals surface area contributed by atoms with Gasteiger partial charge < -0.3 is 15.0 Å². The fraction of sp³-hybridized carbons (Fsp3) is 0.231. The van der Waals surface area contributed by atoms with Gasteiger partial charge in [0.25, 0.3) is 11.8 Å². The molecule has 0 unspecified atom stereocenters. The minimum atomic E-state index is -0.959. The van der Waals surface area contributed by atoms with Crippen molar-refractivity contribution in [1.29, 1.82) is 0 Å². The van der Waals surface area contributed by atoms with Gasteiger partial charge in [0.2, 0.25) is 0 Å². The molecule has 0 bridgehead atoms. The number of ether oxygens (including phenoxy) is 1. The van der Waals surface area contributed by atoms with Crippen LogP contribution in [0.3, 0.4) is 0 Å². The lowest BCUT2D eigenvalue weighted by Crippen LogP contribution is -2.40. The first-order chi connectivity index (χ1) is 16.4. The van der Waals surface area contributed by atoms with Crippen LogP contribution in [0.25, 0.3) is 0 Å². The van der Waals surface area contributed by atoms with Crippen molar-refractivity contribution in [2.45, 2.75) is 32.4 Å². The summed E-state index contributed by atoms with van der Waals surface area (Å²) in [5.41, 5.74) is 1.18. The molecule has 1 N–H and O–H groups in total. The van der Waals surface area contributed by atoms with Crippen LogP contribution >= 0.6 is 0 Å². The number of hydrogen-bond acceptors (Lipinski definition) is 3. The third kappa shape index (κ3) is 5.06. The van der Waals surface area contributed by atoms with Crippen molar-refractivity contribution in [3.8, 4) is 5.75 Å². The Morgan fingerprint density at radius 1 is 1.06 bits per heavy atom. The van der Waals surface area contributed by atoms with E-state index in [-0.39, 0.29) is 18.3 Å². The second kappa shape index (κ2) is 9.99. The number of halogens is 3. The Morgan fingerprint density at radius 3 is 2.44 bits per heavy atom. The topological polar surface area (TPSA) is 58.6 Å². The van der Waals surface area contributed by atoms with E-state index < -0.39 is 29.2 Å². The zero-order valence-electron chi connectivity index (χ0n) is 18.5. The Bertz CT molecular complexity index is 1190. The fourth-order valence-corrected chi connectivity index (χ4v) is 3.86. The van der Waals surface area contributed by atoms with Crippen molar-refractivity contribution in [1.82, 2.24) is 4.90 Å². The van der Waals surface area contributed by atoms with Crippen molar-refractivity contribution >= 4 is 17.5 Å². The molecule has 0 radical (unpaired) electrons. The summed E-state index contributed by atoms with van der Waals surface area (Å²) in [5.74, 6) is -2.83. The maximum absolute atomic E-state index is 14.0. The number of amides is 2. The highest BCUT2D eigenvalue weighted by molar-refractivity contribution is 6.04. The van der Waals surface area contributed by atoms with Crippen molar-refractivity contribution in [2.75, 3.05) is 11.9 Å². The highest BCUT2D eigenvalue weighted by Gasteiger charge is 2.30. The molecule has 0 saturated heterocycles. The van der Waals surface area contributed by atoms with Crippen molar-refractivity contribution in [3.05, 3.63) is 94.8 Å². The fourth-order valence-electron chi connectivity index (χ4n) is 3.86. The van der Waals surface area contributed by atoms with E-state index in [1.165, 1.54) is 18.2 Å². The summed E-state index contributed by atoms with van der Waals surface area (Å²) in [4.78, 5) is 27.2. The summed E-state index contributed by atoms with van der Waals surface area (Å²) in [6.07, 6.45) is 0.333. The van der Waals surface area contributed by atoms with Crippen LogP contribution in [-0.4, -0.2) is 29.4 Å². The van der Waals surface area contributed by atoms with Gasteiger partial charge in [0.05, 0.1) is 0 Å². The number of fused-ring (bicyclic) bond motifs is 1.